The lowest BCUT2D eigenvalue weighted by Crippen LogP contribution is -2.57. The zero-order valence-corrected chi connectivity index (χ0v) is 13.9. The number of benzene rings is 1. The Morgan fingerprint density at radius 1 is 1.21 bits per heavy atom. The summed E-state index contributed by atoms with van der Waals surface area (Å²) in [5.74, 6) is 0.753. The average Bonchev–Trinajstić information content (AvgIpc) is 2.97. The van der Waals surface area contributed by atoms with Gasteiger partial charge in [-0.2, -0.15) is 5.10 Å². The molecule has 0 atom stereocenters. The van der Waals surface area contributed by atoms with E-state index in [1.165, 1.54) is 7.05 Å². The average molecular weight is 343 g/mol. The van der Waals surface area contributed by atoms with Gasteiger partial charge in [-0.25, -0.2) is 22.8 Å². The Balaban J connectivity index is 1.59. The summed E-state index contributed by atoms with van der Waals surface area (Å²) in [6.45, 7) is 0.891. The standard InChI is InChI=1S/C16H17N5O2S/c1-17-24(22,23)14-10-20(11-14)16-7-15-12(8-18-16)9-21(19-15)13-5-3-2-4-6-13/h2-9,14,17H,10-11H2,1H3. The van der Waals surface area contributed by atoms with Gasteiger partial charge in [-0.1, -0.05) is 18.2 Å². The molecule has 1 aromatic carbocycles. The Hall–Kier alpha value is -2.45. The molecule has 1 N–H and O–H groups in total. The molecule has 3 heterocycles. The zero-order chi connectivity index (χ0) is 16.7. The number of nitrogens with one attached hydrogen (secondary N) is 1. The number of fused-ring (bicyclic) bond motifs is 1. The van der Waals surface area contributed by atoms with E-state index < -0.39 is 10.0 Å². The fraction of sp³-hybridized carbons (Fsp3) is 0.250. The van der Waals surface area contributed by atoms with Crippen LogP contribution in [-0.4, -0.2) is 48.6 Å². The summed E-state index contributed by atoms with van der Waals surface area (Å²) in [4.78, 5) is 6.38. The van der Waals surface area contributed by atoms with Crippen molar-refractivity contribution >= 4 is 26.7 Å². The van der Waals surface area contributed by atoms with E-state index in [1.54, 1.807) is 6.20 Å². The molecule has 0 bridgehead atoms. The lowest BCUT2D eigenvalue weighted by Gasteiger charge is -2.39. The van der Waals surface area contributed by atoms with Crippen LogP contribution in [-0.2, 0) is 10.0 Å². The van der Waals surface area contributed by atoms with E-state index in [4.69, 9.17) is 0 Å². The normalized spacial score (nSPS) is 15.6. The monoisotopic (exact) mass is 343 g/mol. The van der Waals surface area contributed by atoms with Crippen molar-refractivity contribution in [2.45, 2.75) is 5.25 Å². The molecule has 1 fully saturated rings. The zero-order valence-electron chi connectivity index (χ0n) is 13.1. The molecule has 0 radical (unpaired) electrons. The van der Waals surface area contributed by atoms with Crippen LogP contribution in [0.25, 0.3) is 16.6 Å². The molecule has 7 nitrogen and oxygen atoms in total. The van der Waals surface area contributed by atoms with Gasteiger partial charge >= 0.3 is 0 Å². The van der Waals surface area contributed by atoms with Gasteiger partial charge in [0.05, 0.1) is 11.2 Å². The predicted molar refractivity (Wildman–Crippen MR) is 92.8 cm³/mol. The molecular formula is C16H17N5O2S. The SMILES string of the molecule is CNS(=O)(=O)C1CN(c2cc3nn(-c4ccccc4)cc3cn2)C1. The van der Waals surface area contributed by atoms with E-state index in [0.717, 1.165) is 22.4 Å². The van der Waals surface area contributed by atoms with Crippen LogP contribution in [0.4, 0.5) is 5.82 Å². The molecule has 0 spiro atoms. The maximum Gasteiger partial charge on any atom is 0.217 e. The van der Waals surface area contributed by atoms with Crippen LogP contribution in [0.15, 0.2) is 48.8 Å². The number of aromatic nitrogens is 3. The minimum absolute atomic E-state index is 0.387. The van der Waals surface area contributed by atoms with Gasteiger partial charge in [-0.3, -0.25) is 0 Å². The second kappa shape index (κ2) is 5.57. The number of para-hydroxylation sites is 1. The molecular weight excluding hydrogens is 326 g/mol. The summed E-state index contributed by atoms with van der Waals surface area (Å²) < 4.78 is 27.7. The Bertz CT molecular complexity index is 978. The Labute approximate surface area is 140 Å². The van der Waals surface area contributed by atoms with Crippen molar-refractivity contribution in [2.75, 3.05) is 25.0 Å². The summed E-state index contributed by atoms with van der Waals surface area (Å²) in [6, 6.07) is 11.8. The van der Waals surface area contributed by atoms with Gasteiger partial charge in [0.1, 0.15) is 11.1 Å². The molecule has 1 aliphatic rings. The summed E-state index contributed by atoms with van der Waals surface area (Å²) in [7, 11) is -1.77. The molecule has 1 aliphatic heterocycles. The number of hydrogen-bond donors (Lipinski definition) is 1. The van der Waals surface area contributed by atoms with Crippen molar-refractivity contribution in [3.8, 4) is 5.69 Å². The van der Waals surface area contributed by atoms with E-state index >= 15 is 0 Å². The van der Waals surface area contributed by atoms with Crippen molar-refractivity contribution in [1.29, 1.82) is 0 Å². The summed E-state index contributed by atoms with van der Waals surface area (Å²) in [5, 5.41) is 5.15. The van der Waals surface area contributed by atoms with Crippen LogP contribution in [0.1, 0.15) is 0 Å². The van der Waals surface area contributed by atoms with Gasteiger partial charge in [0.2, 0.25) is 10.0 Å². The minimum atomic E-state index is -3.22. The Kier molecular flexibility index (Phi) is 3.50. The first-order valence-corrected chi connectivity index (χ1v) is 9.19. The summed E-state index contributed by atoms with van der Waals surface area (Å²) in [5.41, 5.74) is 1.82. The van der Waals surface area contributed by atoms with E-state index in [-0.39, 0.29) is 5.25 Å². The van der Waals surface area contributed by atoms with Crippen LogP contribution in [0.3, 0.4) is 0 Å². The first kappa shape index (κ1) is 15.1. The van der Waals surface area contributed by atoms with Crippen LogP contribution in [0.5, 0.6) is 0 Å². The molecule has 24 heavy (non-hydrogen) atoms. The van der Waals surface area contributed by atoms with E-state index in [9.17, 15) is 8.42 Å². The van der Waals surface area contributed by atoms with Gasteiger partial charge in [0.25, 0.3) is 0 Å². The van der Waals surface area contributed by atoms with Crippen molar-refractivity contribution in [1.82, 2.24) is 19.5 Å². The van der Waals surface area contributed by atoms with Crippen LogP contribution in [0, 0.1) is 0 Å². The van der Waals surface area contributed by atoms with Crippen molar-refractivity contribution in [2.24, 2.45) is 0 Å². The highest BCUT2D eigenvalue weighted by Crippen LogP contribution is 2.25. The highest BCUT2D eigenvalue weighted by atomic mass is 32.2. The number of sulfonamides is 1. The van der Waals surface area contributed by atoms with Gasteiger partial charge in [0.15, 0.2) is 0 Å². The molecule has 2 aromatic heterocycles. The molecule has 0 saturated carbocycles. The fourth-order valence-corrected chi connectivity index (χ4v) is 3.87. The molecule has 124 valence electrons. The largest absolute Gasteiger partial charge is 0.354 e. The summed E-state index contributed by atoms with van der Waals surface area (Å²) >= 11 is 0. The Morgan fingerprint density at radius 2 is 1.96 bits per heavy atom. The van der Waals surface area contributed by atoms with E-state index in [2.05, 4.69) is 14.8 Å². The molecule has 1 saturated heterocycles. The first-order valence-electron chi connectivity index (χ1n) is 7.65. The smallest absolute Gasteiger partial charge is 0.217 e. The molecule has 3 aromatic rings. The maximum absolute atomic E-state index is 11.8. The molecule has 0 amide bonds. The second-order valence-corrected chi connectivity index (χ2v) is 7.95. The number of pyridine rings is 1. The van der Waals surface area contributed by atoms with Gasteiger partial charge in [0, 0.05) is 36.9 Å². The third-order valence-corrected chi connectivity index (χ3v) is 6.04. The highest BCUT2D eigenvalue weighted by molar-refractivity contribution is 7.90. The lowest BCUT2D eigenvalue weighted by molar-refractivity contribution is 0.532. The number of hydrogen-bond acceptors (Lipinski definition) is 5. The number of anilines is 1. The summed E-state index contributed by atoms with van der Waals surface area (Å²) in [6.07, 6.45) is 3.71. The molecule has 0 unspecified atom stereocenters. The van der Waals surface area contributed by atoms with Gasteiger partial charge < -0.3 is 4.90 Å². The maximum atomic E-state index is 11.8. The van der Waals surface area contributed by atoms with E-state index in [0.29, 0.717) is 13.1 Å². The minimum Gasteiger partial charge on any atom is -0.354 e. The van der Waals surface area contributed by atoms with Crippen molar-refractivity contribution in [3.05, 3.63) is 48.8 Å². The molecule has 4 rings (SSSR count). The quantitative estimate of drug-likeness (QED) is 0.769. The predicted octanol–water partition coefficient (Wildman–Crippen LogP) is 1.16. The second-order valence-electron chi connectivity index (χ2n) is 5.79. The first-order chi connectivity index (χ1) is 11.6. The van der Waals surface area contributed by atoms with Gasteiger partial charge in [-0.15, -0.1) is 0 Å². The van der Waals surface area contributed by atoms with Crippen LogP contribution >= 0.6 is 0 Å². The van der Waals surface area contributed by atoms with Crippen LogP contribution in [0.2, 0.25) is 0 Å². The van der Waals surface area contributed by atoms with Crippen molar-refractivity contribution in [3.63, 3.8) is 0 Å². The van der Waals surface area contributed by atoms with Crippen molar-refractivity contribution < 1.29 is 8.42 Å². The fourth-order valence-electron chi connectivity index (χ4n) is 2.78. The highest BCUT2D eigenvalue weighted by Gasteiger charge is 2.37. The van der Waals surface area contributed by atoms with Crippen LogP contribution < -0.4 is 9.62 Å². The lowest BCUT2D eigenvalue weighted by atomic mass is 10.2. The van der Waals surface area contributed by atoms with Gasteiger partial charge in [-0.05, 0) is 19.2 Å². The third-order valence-electron chi connectivity index (χ3n) is 4.29. The number of nitrogens with zero attached hydrogens (tertiary/aromatic N) is 4. The van der Waals surface area contributed by atoms with E-state index in [1.807, 2.05) is 52.2 Å². The topological polar surface area (TPSA) is 80.1 Å². The molecule has 8 heteroatoms. The number of rotatable bonds is 4. The Morgan fingerprint density at radius 3 is 2.67 bits per heavy atom. The third kappa shape index (κ3) is 2.53. The molecule has 0 aliphatic carbocycles.